The molecule has 0 aliphatic carbocycles. The Kier molecular flexibility index (Phi) is 3.27. The van der Waals surface area contributed by atoms with Crippen molar-refractivity contribution in [1.82, 2.24) is 4.90 Å². The van der Waals surface area contributed by atoms with E-state index in [4.69, 9.17) is 0 Å². The molecule has 90 valence electrons. The standard InChI is InChI=1S/C14H16FNO/c1-3-16-13(17)9-4-10(2)14(16)11-5-7-12(15)8-6-11/h5-8H,3-4,9H2,1-2H3. The summed E-state index contributed by atoms with van der Waals surface area (Å²) in [5, 5.41) is 0. The van der Waals surface area contributed by atoms with Gasteiger partial charge < -0.3 is 4.90 Å². The minimum Gasteiger partial charge on any atom is -0.312 e. The molecule has 1 amide bonds. The average Bonchev–Trinajstić information content (AvgIpc) is 2.33. The molecule has 17 heavy (non-hydrogen) atoms. The van der Waals surface area contributed by atoms with Gasteiger partial charge in [0.1, 0.15) is 5.82 Å². The molecule has 0 unspecified atom stereocenters. The predicted molar refractivity (Wildman–Crippen MR) is 65.6 cm³/mol. The minimum atomic E-state index is -0.253. The maximum Gasteiger partial charge on any atom is 0.227 e. The van der Waals surface area contributed by atoms with E-state index < -0.39 is 0 Å². The summed E-state index contributed by atoms with van der Waals surface area (Å²) in [5.74, 6) is -0.102. The van der Waals surface area contributed by atoms with Crippen molar-refractivity contribution in [3.05, 3.63) is 41.2 Å². The van der Waals surface area contributed by atoms with Crippen LogP contribution in [0.2, 0.25) is 0 Å². The molecule has 2 nitrogen and oxygen atoms in total. The highest BCUT2D eigenvalue weighted by Gasteiger charge is 2.24. The van der Waals surface area contributed by atoms with Crippen molar-refractivity contribution in [2.75, 3.05) is 6.54 Å². The summed E-state index contributed by atoms with van der Waals surface area (Å²) in [4.78, 5) is 13.6. The Hall–Kier alpha value is -1.64. The van der Waals surface area contributed by atoms with Gasteiger partial charge in [0.2, 0.25) is 5.91 Å². The highest BCUT2D eigenvalue weighted by molar-refractivity contribution is 5.90. The molecule has 0 bridgehead atoms. The van der Waals surface area contributed by atoms with E-state index in [9.17, 15) is 9.18 Å². The van der Waals surface area contributed by atoms with Gasteiger partial charge >= 0.3 is 0 Å². The lowest BCUT2D eigenvalue weighted by Crippen LogP contribution is -2.32. The highest BCUT2D eigenvalue weighted by atomic mass is 19.1. The molecule has 0 spiro atoms. The van der Waals surface area contributed by atoms with E-state index in [1.807, 2.05) is 13.8 Å². The molecule has 1 aromatic rings. The lowest BCUT2D eigenvalue weighted by Gasteiger charge is -2.30. The first-order valence-corrected chi connectivity index (χ1v) is 5.89. The Labute approximate surface area is 101 Å². The third-order valence-corrected chi connectivity index (χ3v) is 3.12. The third kappa shape index (κ3) is 2.23. The number of nitrogens with zero attached hydrogens (tertiary/aromatic N) is 1. The quantitative estimate of drug-likeness (QED) is 0.768. The molecule has 0 aromatic heterocycles. The van der Waals surface area contributed by atoms with Crippen molar-refractivity contribution in [2.24, 2.45) is 0 Å². The number of hydrogen-bond acceptors (Lipinski definition) is 1. The van der Waals surface area contributed by atoms with Gasteiger partial charge in [-0.15, -0.1) is 0 Å². The van der Waals surface area contributed by atoms with E-state index in [-0.39, 0.29) is 11.7 Å². The summed E-state index contributed by atoms with van der Waals surface area (Å²) >= 11 is 0. The van der Waals surface area contributed by atoms with Crippen molar-refractivity contribution >= 4 is 11.6 Å². The number of carbonyl (C=O) groups excluding carboxylic acids is 1. The smallest absolute Gasteiger partial charge is 0.227 e. The van der Waals surface area contributed by atoms with E-state index in [1.165, 1.54) is 17.7 Å². The van der Waals surface area contributed by atoms with Gasteiger partial charge in [-0.25, -0.2) is 4.39 Å². The number of allylic oxidation sites excluding steroid dienone is 1. The number of benzene rings is 1. The molecular weight excluding hydrogens is 217 g/mol. The van der Waals surface area contributed by atoms with Crippen molar-refractivity contribution in [3.8, 4) is 0 Å². The summed E-state index contributed by atoms with van der Waals surface area (Å²) < 4.78 is 12.9. The van der Waals surface area contributed by atoms with Gasteiger partial charge in [-0.3, -0.25) is 4.79 Å². The number of amides is 1. The highest BCUT2D eigenvalue weighted by Crippen LogP contribution is 2.30. The van der Waals surface area contributed by atoms with Crippen LogP contribution in [-0.4, -0.2) is 17.4 Å². The molecule has 0 saturated heterocycles. The Balaban J connectivity index is 2.46. The maximum absolute atomic E-state index is 12.9. The summed E-state index contributed by atoms with van der Waals surface area (Å²) in [6, 6.07) is 6.33. The fourth-order valence-corrected chi connectivity index (χ4v) is 2.25. The molecule has 1 heterocycles. The van der Waals surface area contributed by atoms with Gasteiger partial charge in [-0.05, 0) is 55.7 Å². The third-order valence-electron chi connectivity index (χ3n) is 3.12. The lowest BCUT2D eigenvalue weighted by atomic mass is 9.98. The molecule has 0 saturated carbocycles. The van der Waals surface area contributed by atoms with Crippen molar-refractivity contribution < 1.29 is 9.18 Å². The summed E-state index contributed by atoms with van der Waals surface area (Å²) in [6.45, 7) is 4.65. The molecule has 0 fully saturated rings. The van der Waals surface area contributed by atoms with Gasteiger partial charge in [0.15, 0.2) is 0 Å². The second-order valence-electron chi connectivity index (χ2n) is 4.27. The second-order valence-corrected chi connectivity index (χ2v) is 4.27. The SMILES string of the molecule is CCN1C(=O)CCC(C)=C1c1ccc(F)cc1. The molecule has 0 atom stereocenters. The first-order valence-electron chi connectivity index (χ1n) is 5.89. The zero-order valence-electron chi connectivity index (χ0n) is 10.2. The topological polar surface area (TPSA) is 20.3 Å². The van der Waals surface area contributed by atoms with E-state index >= 15 is 0 Å². The van der Waals surface area contributed by atoms with Crippen molar-refractivity contribution in [2.45, 2.75) is 26.7 Å². The molecule has 1 aliphatic heterocycles. The second kappa shape index (κ2) is 4.70. The minimum absolute atomic E-state index is 0.150. The molecule has 3 heteroatoms. The zero-order valence-corrected chi connectivity index (χ0v) is 10.2. The van der Waals surface area contributed by atoms with Crippen LogP contribution in [0.3, 0.4) is 0 Å². The predicted octanol–water partition coefficient (Wildman–Crippen LogP) is 3.20. The first-order chi connectivity index (χ1) is 8.13. The summed E-state index contributed by atoms with van der Waals surface area (Å²) in [6.07, 6.45) is 1.37. The normalized spacial score (nSPS) is 16.6. The fraction of sp³-hybridized carbons (Fsp3) is 0.357. The van der Waals surface area contributed by atoms with Gasteiger partial charge in [-0.1, -0.05) is 0 Å². The van der Waals surface area contributed by atoms with Gasteiger partial charge in [0.05, 0.1) is 0 Å². The lowest BCUT2D eigenvalue weighted by molar-refractivity contribution is -0.128. The van der Waals surface area contributed by atoms with Gasteiger partial charge in [-0.2, -0.15) is 0 Å². The molecule has 0 radical (unpaired) electrons. The monoisotopic (exact) mass is 233 g/mol. The van der Waals surface area contributed by atoms with Crippen LogP contribution >= 0.6 is 0 Å². The number of carbonyl (C=O) groups is 1. The zero-order chi connectivity index (χ0) is 12.4. The number of halogens is 1. The molecule has 0 N–H and O–H groups in total. The van der Waals surface area contributed by atoms with E-state index in [1.54, 1.807) is 17.0 Å². The Morgan fingerprint density at radius 1 is 1.24 bits per heavy atom. The van der Waals surface area contributed by atoms with E-state index in [0.29, 0.717) is 13.0 Å². The van der Waals surface area contributed by atoms with Crippen LogP contribution in [-0.2, 0) is 4.79 Å². The van der Waals surface area contributed by atoms with Crippen LogP contribution in [0.25, 0.3) is 5.70 Å². The molecular formula is C14H16FNO. The van der Waals surface area contributed by atoms with E-state index in [0.717, 1.165) is 17.7 Å². The van der Waals surface area contributed by atoms with Crippen LogP contribution in [0, 0.1) is 5.82 Å². The van der Waals surface area contributed by atoms with E-state index in [2.05, 4.69) is 0 Å². The van der Waals surface area contributed by atoms with Gasteiger partial charge in [0.25, 0.3) is 0 Å². The van der Waals surface area contributed by atoms with Crippen LogP contribution in [0.5, 0.6) is 0 Å². The van der Waals surface area contributed by atoms with Crippen LogP contribution in [0.1, 0.15) is 32.3 Å². The fourth-order valence-electron chi connectivity index (χ4n) is 2.25. The Morgan fingerprint density at radius 3 is 2.47 bits per heavy atom. The summed E-state index contributed by atoms with van der Waals surface area (Å²) in [7, 11) is 0. The maximum atomic E-state index is 12.9. The van der Waals surface area contributed by atoms with Gasteiger partial charge in [0, 0.05) is 18.7 Å². The molecule has 2 rings (SSSR count). The van der Waals surface area contributed by atoms with Crippen LogP contribution in [0.15, 0.2) is 29.8 Å². The first kappa shape index (κ1) is 11.8. The molecule has 1 aliphatic rings. The number of hydrogen-bond donors (Lipinski definition) is 0. The largest absolute Gasteiger partial charge is 0.312 e. The van der Waals surface area contributed by atoms with Crippen molar-refractivity contribution in [3.63, 3.8) is 0 Å². The summed E-state index contributed by atoms with van der Waals surface area (Å²) in [5.41, 5.74) is 3.06. The van der Waals surface area contributed by atoms with Crippen LogP contribution in [0.4, 0.5) is 4.39 Å². The Bertz CT molecular complexity index is 462. The Morgan fingerprint density at radius 2 is 1.88 bits per heavy atom. The van der Waals surface area contributed by atoms with Crippen LogP contribution < -0.4 is 0 Å². The molecule has 1 aromatic carbocycles. The number of rotatable bonds is 2. The average molecular weight is 233 g/mol. The van der Waals surface area contributed by atoms with Crippen molar-refractivity contribution in [1.29, 1.82) is 0 Å².